The number of benzene rings is 1. The monoisotopic (exact) mass is 416 g/mol. The van der Waals surface area contributed by atoms with Crippen LogP contribution in [0.3, 0.4) is 0 Å². The van der Waals surface area contributed by atoms with Gasteiger partial charge < -0.3 is 29.3 Å². The van der Waals surface area contributed by atoms with Crippen molar-refractivity contribution in [1.29, 1.82) is 0 Å². The Bertz CT molecular complexity index is 785. The number of guanidine groups is 1. The van der Waals surface area contributed by atoms with Gasteiger partial charge in [0.1, 0.15) is 29.6 Å². The third kappa shape index (κ3) is 6.40. The van der Waals surface area contributed by atoms with E-state index in [9.17, 15) is 0 Å². The van der Waals surface area contributed by atoms with Gasteiger partial charge in [-0.2, -0.15) is 0 Å². The van der Waals surface area contributed by atoms with E-state index in [2.05, 4.69) is 26.6 Å². The Balaban J connectivity index is 1.47. The van der Waals surface area contributed by atoms with E-state index in [0.29, 0.717) is 19.7 Å². The number of hydrogen-bond donors (Lipinski definition) is 2. The molecule has 0 spiro atoms. The SMILES string of the molecule is CN=C(NCCOc1ccc(OC)cc1)NCC(c1ccc(C)o1)N1CCOCC1. The second-order valence-corrected chi connectivity index (χ2v) is 7.02. The van der Waals surface area contributed by atoms with Crippen LogP contribution in [-0.4, -0.2) is 71.0 Å². The summed E-state index contributed by atoms with van der Waals surface area (Å²) in [5, 5.41) is 6.71. The Morgan fingerprint density at radius 3 is 2.47 bits per heavy atom. The number of morpholine rings is 1. The molecule has 3 rings (SSSR count). The Morgan fingerprint density at radius 2 is 1.83 bits per heavy atom. The molecule has 2 heterocycles. The number of nitrogens with one attached hydrogen (secondary N) is 2. The lowest BCUT2D eigenvalue weighted by Crippen LogP contribution is -2.46. The summed E-state index contributed by atoms with van der Waals surface area (Å²) in [4.78, 5) is 6.70. The molecule has 1 aromatic heterocycles. The highest BCUT2D eigenvalue weighted by Crippen LogP contribution is 2.23. The summed E-state index contributed by atoms with van der Waals surface area (Å²) in [5.41, 5.74) is 0. The first-order valence-corrected chi connectivity index (χ1v) is 10.3. The highest BCUT2D eigenvalue weighted by atomic mass is 16.5. The first kappa shape index (κ1) is 22.0. The molecular weight excluding hydrogens is 384 g/mol. The highest BCUT2D eigenvalue weighted by molar-refractivity contribution is 5.79. The van der Waals surface area contributed by atoms with E-state index < -0.39 is 0 Å². The van der Waals surface area contributed by atoms with E-state index in [1.165, 1.54) is 0 Å². The molecule has 2 aromatic rings. The lowest BCUT2D eigenvalue weighted by Gasteiger charge is -2.33. The van der Waals surface area contributed by atoms with E-state index in [1.54, 1.807) is 14.2 Å². The molecule has 1 unspecified atom stereocenters. The zero-order valence-corrected chi connectivity index (χ0v) is 18.0. The number of nitrogens with zero attached hydrogens (tertiary/aromatic N) is 2. The molecule has 8 nitrogen and oxygen atoms in total. The largest absolute Gasteiger partial charge is 0.497 e. The van der Waals surface area contributed by atoms with Gasteiger partial charge in [0.05, 0.1) is 32.9 Å². The van der Waals surface area contributed by atoms with Crippen molar-refractivity contribution < 1.29 is 18.6 Å². The van der Waals surface area contributed by atoms with Crippen LogP contribution in [0.1, 0.15) is 17.6 Å². The summed E-state index contributed by atoms with van der Waals surface area (Å²) in [6.07, 6.45) is 0. The van der Waals surface area contributed by atoms with Gasteiger partial charge in [0.2, 0.25) is 0 Å². The van der Waals surface area contributed by atoms with Crippen molar-refractivity contribution in [2.75, 3.05) is 60.2 Å². The lowest BCUT2D eigenvalue weighted by molar-refractivity contribution is 0.0124. The number of aliphatic imine (C=N–C) groups is 1. The van der Waals surface area contributed by atoms with Crippen molar-refractivity contribution in [3.63, 3.8) is 0 Å². The topological polar surface area (TPSA) is 80.5 Å². The summed E-state index contributed by atoms with van der Waals surface area (Å²) in [6, 6.07) is 11.7. The number of aryl methyl sites for hydroxylation is 1. The van der Waals surface area contributed by atoms with Crippen LogP contribution in [0.15, 0.2) is 45.8 Å². The van der Waals surface area contributed by atoms with E-state index in [-0.39, 0.29) is 6.04 Å². The number of methoxy groups -OCH3 is 1. The fourth-order valence-corrected chi connectivity index (χ4v) is 3.36. The van der Waals surface area contributed by atoms with E-state index in [0.717, 1.165) is 55.3 Å². The molecule has 1 saturated heterocycles. The molecule has 0 radical (unpaired) electrons. The van der Waals surface area contributed by atoms with Gasteiger partial charge in [0.25, 0.3) is 0 Å². The van der Waals surface area contributed by atoms with Crippen LogP contribution in [0, 0.1) is 6.92 Å². The van der Waals surface area contributed by atoms with E-state index in [4.69, 9.17) is 18.6 Å². The van der Waals surface area contributed by atoms with Gasteiger partial charge in [-0.3, -0.25) is 9.89 Å². The average molecular weight is 417 g/mol. The minimum Gasteiger partial charge on any atom is -0.497 e. The number of furan rings is 1. The van der Waals surface area contributed by atoms with Gasteiger partial charge in [-0.15, -0.1) is 0 Å². The minimum absolute atomic E-state index is 0.122. The number of rotatable bonds is 9. The first-order valence-electron chi connectivity index (χ1n) is 10.3. The van der Waals surface area contributed by atoms with Crippen LogP contribution < -0.4 is 20.1 Å². The molecule has 8 heteroatoms. The molecule has 1 aliphatic rings. The summed E-state index contributed by atoms with van der Waals surface area (Å²) >= 11 is 0. The molecule has 2 N–H and O–H groups in total. The average Bonchev–Trinajstić information content (AvgIpc) is 3.22. The van der Waals surface area contributed by atoms with Crippen LogP contribution in [0.2, 0.25) is 0 Å². The third-order valence-corrected chi connectivity index (χ3v) is 4.99. The van der Waals surface area contributed by atoms with Crippen LogP contribution in [0.5, 0.6) is 11.5 Å². The standard InChI is InChI=1S/C22H32N4O4/c1-17-4-9-21(30-17)20(26-11-14-28-15-12-26)16-25-22(23-2)24-10-13-29-19-7-5-18(27-3)6-8-19/h4-9,20H,10-16H2,1-3H3,(H2,23,24,25). The Morgan fingerprint density at radius 1 is 1.10 bits per heavy atom. The molecule has 1 aromatic carbocycles. The van der Waals surface area contributed by atoms with E-state index >= 15 is 0 Å². The van der Waals surface area contributed by atoms with Crippen molar-refractivity contribution in [3.05, 3.63) is 47.9 Å². The second-order valence-electron chi connectivity index (χ2n) is 7.02. The fourth-order valence-electron chi connectivity index (χ4n) is 3.36. The van der Waals surface area contributed by atoms with Gasteiger partial charge in [0.15, 0.2) is 5.96 Å². The molecule has 0 amide bonds. The van der Waals surface area contributed by atoms with Crippen molar-refractivity contribution in [2.45, 2.75) is 13.0 Å². The second kappa shape index (κ2) is 11.5. The molecule has 1 fully saturated rings. The number of ether oxygens (including phenoxy) is 3. The van der Waals surface area contributed by atoms with Gasteiger partial charge in [-0.25, -0.2) is 0 Å². The molecular formula is C22H32N4O4. The highest BCUT2D eigenvalue weighted by Gasteiger charge is 2.25. The van der Waals surface area contributed by atoms with E-state index in [1.807, 2.05) is 37.3 Å². The lowest BCUT2D eigenvalue weighted by atomic mass is 10.1. The number of hydrogen-bond acceptors (Lipinski definition) is 6. The summed E-state index contributed by atoms with van der Waals surface area (Å²) in [6.45, 7) is 7.06. The smallest absolute Gasteiger partial charge is 0.191 e. The zero-order chi connectivity index (χ0) is 21.2. The quantitative estimate of drug-likeness (QED) is 0.369. The van der Waals surface area contributed by atoms with Crippen molar-refractivity contribution in [2.24, 2.45) is 4.99 Å². The molecule has 0 bridgehead atoms. The van der Waals surface area contributed by atoms with Gasteiger partial charge >= 0.3 is 0 Å². The van der Waals surface area contributed by atoms with Crippen LogP contribution in [0.25, 0.3) is 0 Å². The minimum atomic E-state index is 0.122. The van der Waals surface area contributed by atoms with Gasteiger partial charge in [0, 0.05) is 26.7 Å². The van der Waals surface area contributed by atoms with Crippen LogP contribution in [-0.2, 0) is 4.74 Å². The molecule has 30 heavy (non-hydrogen) atoms. The predicted molar refractivity (Wildman–Crippen MR) is 116 cm³/mol. The Hall–Kier alpha value is -2.71. The van der Waals surface area contributed by atoms with Crippen LogP contribution >= 0.6 is 0 Å². The zero-order valence-electron chi connectivity index (χ0n) is 18.0. The summed E-state index contributed by atoms with van der Waals surface area (Å²) < 4.78 is 22.3. The molecule has 1 atom stereocenters. The first-order chi connectivity index (χ1) is 14.7. The molecule has 1 aliphatic heterocycles. The third-order valence-electron chi connectivity index (χ3n) is 4.99. The predicted octanol–water partition coefficient (Wildman–Crippen LogP) is 2.21. The Labute approximate surface area is 178 Å². The maximum atomic E-state index is 5.92. The normalized spacial score (nSPS) is 16.2. The van der Waals surface area contributed by atoms with Crippen LogP contribution in [0.4, 0.5) is 0 Å². The summed E-state index contributed by atoms with van der Waals surface area (Å²) in [5.74, 6) is 4.23. The van der Waals surface area contributed by atoms with Crippen molar-refractivity contribution in [3.8, 4) is 11.5 Å². The maximum Gasteiger partial charge on any atom is 0.191 e. The molecule has 0 aliphatic carbocycles. The van der Waals surface area contributed by atoms with Gasteiger partial charge in [-0.05, 0) is 43.3 Å². The molecule has 164 valence electrons. The Kier molecular flexibility index (Phi) is 8.41. The summed E-state index contributed by atoms with van der Waals surface area (Å²) in [7, 11) is 3.41. The molecule has 0 saturated carbocycles. The maximum absolute atomic E-state index is 5.92. The fraction of sp³-hybridized carbons (Fsp3) is 0.500. The van der Waals surface area contributed by atoms with Gasteiger partial charge in [-0.1, -0.05) is 0 Å². The van der Waals surface area contributed by atoms with Crippen molar-refractivity contribution in [1.82, 2.24) is 15.5 Å². The van der Waals surface area contributed by atoms with Crippen molar-refractivity contribution >= 4 is 5.96 Å².